The minimum absolute atomic E-state index is 0.0544. The summed E-state index contributed by atoms with van der Waals surface area (Å²) in [5.74, 6) is -0.0544. The Morgan fingerprint density at radius 1 is 1.43 bits per heavy atom. The lowest BCUT2D eigenvalue weighted by Gasteiger charge is -2.26. The Morgan fingerprint density at radius 3 is 2.86 bits per heavy atom. The first-order chi connectivity index (χ1) is 6.77. The molecule has 2 fully saturated rings. The third-order valence-electron chi connectivity index (χ3n) is 2.57. The minimum atomic E-state index is -0.464. The normalized spacial score (nSPS) is 33.4. The van der Waals surface area contributed by atoms with Gasteiger partial charge in [0.15, 0.2) is 6.10 Å². The number of aliphatic hydroxyl groups is 1. The number of carbonyl (C=O) groups excluding carboxylic acids is 1. The Bertz CT molecular complexity index is 208. The van der Waals surface area contributed by atoms with Gasteiger partial charge in [-0.25, -0.2) is 0 Å². The van der Waals surface area contributed by atoms with Gasteiger partial charge >= 0.3 is 0 Å². The Labute approximate surface area is 82.6 Å². The highest BCUT2D eigenvalue weighted by atomic mass is 16.6. The van der Waals surface area contributed by atoms with Gasteiger partial charge in [0.05, 0.1) is 25.9 Å². The lowest BCUT2D eigenvalue weighted by atomic mass is 10.3. The van der Waals surface area contributed by atoms with Crippen molar-refractivity contribution in [3.8, 4) is 0 Å². The van der Waals surface area contributed by atoms with Crippen LogP contribution in [0.25, 0.3) is 0 Å². The van der Waals surface area contributed by atoms with E-state index in [2.05, 4.69) is 0 Å². The molecule has 2 aliphatic heterocycles. The van der Waals surface area contributed by atoms with E-state index < -0.39 is 6.10 Å². The van der Waals surface area contributed by atoms with Crippen molar-refractivity contribution in [3.63, 3.8) is 0 Å². The second kappa shape index (κ2) is 4.25. The van der Waals surface area contributed by atoms with Crippen LogP contribution in [-0.2, 0) is 14.3 Å². The summed E-state index contributed by atoms with van der Waals surface area (Å²) in [4.78, 5) is 13.4. The average molecular weight is 201 g/mol. The number of likely N-dealkylation sites (tertiary alicyclic amines) is 1. The van der Waals surface area contributed by atoms with Gasteiger partial charge in [-0.05, 0) is 6.42 Å². The molecule has 0 aromatic heterocycles. The zero-order chi connectivity index (χ0) is 9.97. The average Bonchev–Trinajstić information content (AvgIpc) is 2.65. The molecule has 2 unspecified atom stereocenters. The topological polar surface area (TPSA) is 59.0 Å². The Morgan fingerprint density at radius 2 is 2.29 bits per heavy atom. The van der Waals surface area contributed by atoms with E-state index in [1.54, 1.807) is 4.90 Å². The summed E-state index contributed by atoms with van der Waals surface area (Å²) in [5.41, 5.74) is 0. The van der Waals surface area contributed by atoms with Crippen molar-refractivity contribution in [1.82, 2.24) is 4.90 Å². The molecule has 0 spiro atoms. The summed E-state index contributed by atoms with van der Waals surface area (Å²) in [5, 5.41) is 9.28. The molecule has 5 heteroatoms. The lowest BCUT2D eigenvalue weighted by molar-refractivity contribution is -0.157. The maximum atomic E-state index is 11.8. The number of carbonyl (C=O) groups is 1. The van der Waals surface area contributed by atoms with Gasteiger partial charge in [0.2, 0.25) is 0 Å². The standard InChI is InChI=1S/C9H15NO4/c11-7-1-2-10(5-7)9(12)8-6-13-3-4-14-8/h7-8,11H,1-6H2. The molecule has 0 aliphatic carbocycles. The highest BCUT2D eigenvalue weighted by Gasteiger charge is 2.31. The van der Waals surface area contributed by atoms with Crippen molar-refractivity contribution >= 4 is 5.91 Å². The summed E-state index contributed by atoms with van der Waals surface area (Å²) in [6.45, 7) is 2.43. The summed E-state index contributed by atoms with van der Waals surface area (Å²) >= 11 is 0. The largest absolute Gasteiger partial charge is 0.391 e. The zero-order valence-electron chi connectivity index (χ0n) is 8.02. The van der Waals surface area contributed by atoms with Gasteiger partial charge in [0.25, 0.3) is 5.91 Å². The van der Waals surface area contributed by atoms with E-state index in [0.717, 1.165) is 0 Å². The van der Waals surface area contributed by atoms with Crippen molar-refractivity contribution in [2.45, 2.75) is 18.6 Å². The lowest BCUT2D eigenvalue weighted by Crippen LogP contribution is -2.44. The molecule has 0 aromatic rings. The quantitative estimate of drug-likeness (QED) is 0.591. The molecular weight excluding hydrogens is 186 g/mol. The van der Waals surface area contributed by atoms with Crippen LogP contribution >= 0.6 is 0 Å². The molecule has 1 amide bonds. The van der Waals surface area contributed by atoms with Gasteiger partial charge in [0.1, 0.15) is 0 Å². The van der Waals surface area contributed by atoms with Gasteiger partial charge in [-0.3, -0.25) is 4.79 Å². The van der Waals surface area contributed by atoms with Gasteiger partial charge in [-0.15, -0.1) is 0 Å². The molecule has 2 saturated heterocycles. The first-order valence-corrected chi connectivity index (χ1v) is 4.93. The van der Waals surface area contributed by atoms with E-state index in [1.165, 1.54) is 0 Å². The number of rotatable bonds is 1. The second-order valence-corrected chi connectivity index (χ2v) is 3.66. The molecule has 0 saturated carbocycles. The number of aliphatic hydroxyl groups excluding tert-OH is 1. The first-order valence-electron chi connectivity index (χ1n) is 4.93. The molecule has 5 nitrogen and oxygen atoms in total. The van der Waals surface area contributed by atoms with Crippen LogP contribution in [0.5, 0.6) is 0 Å². The van der Waals surface area contributed by atoms with Gasteiger partial charge < -0.3 is 19.5 Å². The molecule has 2 aliphatic rings. The van der Waals surface area contributed by atoms with Crippen LogP contribution in [0.15, 0.2) is 0 Å². The van der Waals surface area contributed by atoms with Crippen molar-refractivity contribution in [2.75, 3.05) is 32.9 Å². The van der Waals surface area contributed by atoms with Crippen molar-refractivity contribution < 1.29 is 19.4 Å². The summed E-state index contributed by atoms with van der Waals surface area (Å²) in [6.07, 6.45) is -0.170. The number of β-amino-alcohol motifs (C(OH)–C–C–N with tert-alkyl or cyclic N) is 1. The summed E-state index contributed by atoms with van der Waals surface area (Å²) in [6, 6.07) is 0. The van der Waals surface area contributed by atoms with Crippen LogP contribution in [-0.4, -0.2) is 61.0 Å². The Kier molecular flexibility index (Phi) is 3.00. The number of ether oxygens (including phenoxy) is 2. The van der Waals surface area contributed by atoms with Crippen molar-refractivity contribution in [2.24, 2.45) is 0 Å². The summed E-state index contributed by atoms with van der Waals surface area (Å²) < 4.78 is 10.4. The molecule has 2 atom stereocenters. The van der Waals surface area contributed by atoms with Crippen LogP contribution in [0.4, 0.5) is 0 Å². The maximum absolute atomic E-state index is 11.8. The number of hydrogen-bond acceptors (Lipinski definition) is 4. The molecule has 1 N–H and O–H groups in total. The van der Waals surface area contributed by atoms with E-state index in [9.17, 15) is 9.90 Å². The van der Waals surface area contributed by atoms with Crippen LogP contribution < -0.4 is 0 Å². The number of nitrogens with zero attached hydrogens (tertiary/aromatic N) is 1. The molecular formula is C9H15NO4. The maximum Gasteiger partial charge on any atom is 0.254 e. The Hall–Kier alpha value is -0.650. The smallest absolute Gasteiger partial charge is 0.254 e. The van der Waals surface area contributed by atoms with Crippen molar-refractivity contribution in [3.05, 3.63) is 0 Å². The van der Waals surface area contributed by atoms with Crippen LogP contribution in [0.1, 0.15) is 6.42 Å². The predicted octanol–water partition coefficient (Wildman–Crippen LogP) is -1.01. The fourth-order valence-corrected chi connectivity index (χ4v) is 1.78. The Balaban J connectivity index is 1.87. The van der Waals surface area contributed by atoms with E-state index in [4.69, 9.17) is 9.47 Å². The second-order valence-electron chi connectivity index (χ2n) is 3.66. The zero-order valence-corrected chi connectivity index (χ0v) is 8.02. The van der Waals surface area contributed by atoms with Crippen LogP contribution in [0.2, 0.25) is 0 Å². The van der Waals surface area contributed by atoms with E-state index >= 15 is 0 Å². The molecule has 2 rings (SSSR count). The number of hydrogen-bond donors (Lipinski definition) is 1. The van der Waals surface area contributed by atoms with Crippen LogP contribution in [0, 0.1) is 0 Å². The van der Waals surface area contributed by atoms with Gasteiger partial charge in [-0.2, -0.15) is 0 Å². The van der Waals surface area contributed by atoms with Gasteiger partial charge in [-0.1, -0.05) is 0 Å². The molecule has 14 heavy (non-hydrogen) atoms. The third kappa shape index (κ3) is 2.05. The highest BCUT2D eigenvalue weighted by Crippen LogP contribution is 2.13. The molecule has 2 heterocycles. The van der Waals surface area contributed by atoms with E-state index in [1.807, 2.05) is 0 Å². The molecule has 0 radical (unpaired) electrons. The molecule has 0 bridgehead atoms. The highest BCUT2D eigenvalue weighted by molar-refractivity contribution is 5.81. The number of amides is 1. The molecule has 80 valence electrons. The minimum Gasteiger partial charge on any atom is -0.391 e. The molecule has 0 aromatic carbocycles. The van der Waals surface area contributed by atoms with E-state index in [0.29, 0.717) is 39.3 Å². The SMILES string of the molecule is O=C(C1COCCO1)N1CCC(O)C1. The van der Waals surface area contributed by atoms with E-state index in [-0.39, 0.29) is 12.0 Å². The fourth-order valence-electron chi connectivity index (χ4n) is 1.78. The first kappa shape index (κ1) is 9.89. The van der Waals surface area contributed by atoms with Crippen LogP contribution in [0.3, 0.4) is 0 Å². The fraction of sp³-hybridized carbons (Fsp3) is 0.889. The third-order valence-corrected chi connectivity index (χ3v) is 2.57. The summed E-state index contributed by atoms with van der Waals surface area (Å²) in [7, 11) is 0. The van der Waals surface area contributed by atoms with Crippen molar-refractivity contribution in [1.29, 1.82) is 0 Å². The monoisotopic (exact) mass is 201 g/mol. The predicted molar refractivity (Wildman–Crippen MR) is 47.8 cm³/mol. The van der Waals surface area contributed by atoms with Gasteiger partial charge in [0, 0.05) is 13.1 Å².